The van der Waals surface area contributed by atoms with Crippen LogP contribution in [-0.2, 0) is 20.9 Å². The Morgan fingerprint density at radius 2 is 2.07 bits per heavy atom. The van der Waals surface area contributed by atoms with Crippen LogP contribution >= 0.6 is 11.3 Å². The maximum atomic E-state index is 13.2. The van der Waals surface area contributed by atoms with Crippen molar-refractivity contribution >= 4 is 40.3 Å². The van der Waals surface area contributed by atoms with Crippen LogP contribution in [0.1, 0.15) is 18.2 Å². The summed E-state index contributed by atoms with van der Waals surface area (Å²) in [6.07, 6.45) is -0.115. The normalized spacial score (nSPS) is 17.2. The summed E-state index contributed by atoms with van der Waals surface area (Å²) in [6.45, 7) is 2.20. The molecule has 0 bridgehead atoms. The molecule has 0 fully saturated rings. The number of halogens is 1. The van der Waals surface area contributed by atoms with Crippen LogP contribution in [0.15, 0.2) is 51.9 Å². The summed E-state index contributed by atoms with van der Waals surface area (Å²) in [6, 6.07) is 9.34. The van der Waals surface area contributed by atoms with Crippen molar-refractivity contribution in [3.05, 3.63) is 52.5 Å². The van der Waals surface area contributed by atoms with E-state index in [1.54, 1.807) is 18.3 Å². The Hall–Kier alpha value is -2.87. The highest BCUT2D eigenvalue weighted by Gasteiger charge is 2.39. The van der Waals surface area contributed by atoms with E-state index in [2.05, 4.69) is 10.1 Å². The molecule has 0 aliphatic carbocycles. The van der Waals surface area contributed by atoms with Crippen molar-refractivity contribution in [1.29, 1.82) is 0 Å². The first kappa shape index (κ1) is 18.9. The SMILES string of the molecule is COC(=O)CC1=NN(c2ccc(F)cc2)C(=O)C1C(C)=NCc1cccs1. The van der Waals surface area contributed by atoms with Crippen LogP contribution in [0.4, 0.5) is 10.1 Å². The molecule has 1 aromatic carbocycles. The molecular weight excluding hydrogens is 369 g/mol. The number of carbonyl (C=O) groups is 2. The van der Waals surface area contributed by atoms with Gasteiger partial charge in [-0.25, -0.2) is 4.39 Å². The number of nitrogens with zero attached hydrogens (tertiary/aromatic N) is 3. The van der Waals surface area contributed by atoms with Crippen LogP contribution in [0.3, 0.4) is 0 Å². The number of amides is 1. The Morgan fingerprint density at radius 3 is 2.70 bits per heavy atom. The second-order valence-electron chi connectivity index (χ2n) is 5.94. The molecule has 27 heavy (non-hydrogen) atoms. The van der Waals surface area contributed by atoms with Gasteiger partial charge in [-0.2, -0.15) is 10.1 Å². The molecule has 1 atom stereocenters. The van der Waals surface area contributed by atoms with Crippen molar-refractivity contribution < 1.29 is 18.7 Å². The summed E-state index contributed by atoms with van der Waals surface area (Å²) in [5.74, 6) is -1.96. The molecule has 0 saturated carbocycles. The van der Waals surface area contributed by atoms with E-state index >= 15 is 0 Å². The molecule has 0 N–H and O–H groups in total. The third kappa shape index (κ3) is 4.28. The average molecular weight is 387 g/mol. The molecule has 1 amide bonds. The fourth-order valence-corrected chi connectivity index (χ4v) is 3.37. The first-order valence-electron chi connectivity index (χ1n) is 8.26. The van der Waals surface area contributed by atoms with Crippen molar-refractivity contribution in [3.63, 3.8) is 0 Å². The van der Waals surface area contributed by atoms with E-state index < -0.39 is 17.7 Å². The molecule has 2 aromatic rings. The number of esters is 1. The molecule has 1 aromatic heterocycles. The zero-order valence-corrected chi connectivity index (χ0v) is 15.7. The van der Waals surface area contributed by atoms with E-state index in [-0.39, 0.29) is 12.3 Å². The molecule has 1 aliphatic rings. The van der Waals surface area contributed by atoms with Gasteiger partial charge in [-0.05, 0) is 42.6 Å². The van der Waals surface area contributed by atoms with E-state index in [0.717, 1.165) is 4.88 Å². The largest absolute Gasteiger partial charge is 0.469 e. The highest BCUT2D eigenvalue weighted by Crippen LogP contribution is 2.27. The van der Waals surface area contributed by atoms with Gasteiger partial charge < -0.3 is 4.74 Å². The van der Waals surface area contributed by atoms with Crippen LogP contribution in [0.2, 0.25) is 0 Å². The zero-order chi connectivity index (χ0) is 19.4. The first-order chi connectivity index (χ1) is 13.0. The number of carbonyl (C=O) groups excluding carboxylic acids is 2. The molecule has 6 nitrogen and oxygen atoms in total. The minimum Gasteiger partial charge on any atom is -0.469 e. The van der Waals surface area contributed by atoms with E-state index in [1.165, 1.54) is 36.4 Å². The minimum atomic E-state index is -0.742. The van der Waals surface area contributed by atoms with Crippen molar-refractivity contribution in [1.82, 2.24) is 0 Å². The Labute approximate surface area is 160 Å². The summed E-state index contributed by atoms with van der Waals surface area (Å²) >= 11 is 1.58. The topological polar surface area (TPSA) is 71.3 Å². The highest BCUT2D eigenvalue weighted by molar-refractivity contribution is 7.09. The van der Waals surface area contributed by atoms with E-state index in [1.807, 2.05) is 17.5 Å². The van der Waals surface area contributed by atoms with Crippen LogP contribution in [0, 0.1) is 11.7 Å². The Balaban J connectivity index is 1.89. The number of methoxy groups -OCH3 is 1. The Bertz CT molecular complexity index is 891. The number of anilines is 1. The van der Waals surface area contributed by atoms with Gasteiger partial charge in [0.05, 0.1) is 31.5 Å². The van der Waals surface area contributed by atoms with Gasteiger partial charge in [0.1, 0.15) is 11.7 Å². The molecule has 0 saturated heterocycles. The maximum Gasteiger partial charge on any atom is 0.311 e. The standard InChI is InChI=1S/C19H18FN3O3S/c1-12(21-11-15-4-3-9-27-15)18-16(10-17(24)26-2)22-23(19(18)25)14-7-5-13(20)6-8-14/h3-9,18H,10-11H2,1-2H3. The lowest BCUT2D eigenvalue weighted by atomic mass is 9.96. The molecule has 140 valence electrons. The number of rotatable bonds is 6. The third-order valence-corrected chi connectivity index (χ3v) is 4.99. The average Bonchev–Trinajstić information content (AvgIpc) is 3.28. The third-order valence-electron chi connectivity index (χ3n) is 4.12. The van der Waals surface area contributed by atoms with Crippen molar-refractivity contribution in [2.24, 2.45) is 16.0 Å². The fourth-order valence-electron chi connectivity index (χ4n) is 2.74. The van der Waals surface area contributed by atoms with Gasteiger partial charge in [-0.15, -0.1) is 11.3 Å². The van der Waals surface area contributed by atoms with Crippen LogP contribution in [-0.4, -0.2) is 30.4 Å². The van der Waals surface area contributed by atoms with Crippen LogP contribution in [0.25, 0.3) is 0 Å². The number of benzene rings is 1. The van der Waals surface area contributed by atoms with Gasteiger partial charge in [0, 0.05) is 10.6 Å². The molecule has 2 heterocycles. The summed E-state index contributed by atoms with van der Waals surface area (Å²) in [5, 5.41) is 7.45. The Morgan fingerprint density at radius 1 is 1.33 bits per heavy atom. The quantitative estimate of drug-likeness (QED) is 0.563. The lowest BCUT2D eigenvalue weighted by Crippen LogP contribution is -2.33. The maximum absolute atomic E-state index is 13.2. The second kappa shape index (κ2) is 8.22. The molecule has 3 rings (SSSR count). The monoisotopic (exact) mass is 387 g/mol. The van der Waals surface area contributed by atoms with E-state index in [4.69, 9.17) is 4.74 Å². The van der Waals surface area contributed by atoms with E-state index in [9.17, 15) is 14.0 Å². The molecular formula is C19H18FN3O3S. The number of hydrogen-bond donors (Lipinski definition) is 0. The lowest BCUT2D eigenvalue weighted by Gasteiger charge is -2.14. The van der Waals surface area contributed by atoms with Crippen molar-refractivity contribution in [2.75, 3.05) is 12.1 Å². The predicted octanol–water partition coefficient (Wildman–Crippen LogP) is 3.43. The van der Waals surface area contributed by atoms with Crippen LogP contribution in [0.5, 0.6) is 0 Å². The fraction of sp³-hybridized carbons (Fsp3) is 0.263. The summed E-state index contributed by atoms with van der Waals surface area (Å²) < 4.78 is 17.9. The van der Waals surface area contributed by atoms with Crippen molar-refractivity contribution in [3.8, 4) is 0 Å². The summed E-state index contributed by atoms with van der Waals surface area (Å²) in [4.78, 5) is 30.3. The summed E-state index contributed by atoms with van der Waals surface area (Å²) in [7, 11) is 1.28. The number of hydrogen-bond acceptors (Lipinski definition) is 6. The lowest BCUT2D eigenvalue weighted by molar-refractivity contribution is -0.139. The number of ether oxygens (including phenoxy) is 1. The number of hydrazone groups is 1. The summed E-state index contributed by atoms with van der Waals surface area (Å²) in [5.41, 5.74) is 1.36. The van der Waals surface area contributed by atoms with Gasteiger partial charge in [-0.3, -0.25) is 14.6 Å². The van der Waals surface area contributed by atoms with E-state index in [0.29, 0.717) is 23.7 Å². The molecule has 0 spiro atoms. The second-order valence-corrected chi connectivity index (χ2v) is 6.97. The smallest absolute Gasteiger partial charge is 0.311 e. The molecule has 1 aliphatic heterocycles. The van der Waals surface area contributed by atoms with Gasteiger partial charge in [0.15, 0.2) is 0 Å². The Kier molecular flexibility index (Phi) is 5.75. The number of thiophene rings is 1. The highest BCUT2D eigenvalue weighted by atomic mass is 32.1. The first-order valence-corrected chi connectivity index (χ1v) is 9.14. The van der Waals surface area contributed by atoms with Gasteiger partial charge in [0.2, 0.25) is 0 Å². The minimum absolute atomic E-state index is 0.115. The molecule has 1 unspecified atom stereocenters. The predicted molar refractivity (Wildman–Crippen MR) is 103 cm³/mol. The zero-order valence-electron chi connectivity index (χ0n) is 14.9. The van der Waals surface area contributed by atoms with Gasteiger partial charge in [0.25, 0.3) is 5.91 Å². The van der Waals surface area contributed by atoms with Crippen molar-refractivity contribution in [2.45, 2.75) is 19.9 Å². The molecule has 0 radical (unpaired) electrons. The van der Waals surface area contributed by atoms with Gasteiger partial charge >= 0.3 is 5.97 Å². The van der Waals surface area contributed by atoms with Gasteiger partial charge in [-0.1, -0.05) is 6.07 Å². The number of aliphatic imine (C=N–C) groups is 1. The molecule has 8 heteroatoms. The van der Waals surface area contributed by atoms with Crippen LogP contribution < -0.4 is 5.01 Å².